The third-order valence-corrected chi connectivity index (χ3v) is 4.11. The normalized spacial score (nSPS) is 18.2. The molecule has 2 aromatic rings. The van der Waals surface area contributed by atoms with Crippen molar-refractivity contribution in [2.75, 3.05) is 23.7 Å². The summed E-state index contributed by atoms with van der Waals surface area (Å²) in [6.45, 7) is 0.977. The fraction of sp³-hybridized carbons (Fsp3) is 0.357. The highest BCUT2D eigenvalue weighted by Gasteiger charge is 2.33. The van der Waals surface area contributed by atoms with Crippen LogP contribution in [0.25, 0.3) is 0 Å². The lowest BCUT2D eigenvalue weighted by atomic mass is 10.1. The van der Waals surface area contributed by atoms with E-state index < -0.39 is 11.7 Å². The number of nitrogens with two attached hydrogens (primary N) is 1. The summed E-state index contributed by atoms with van der Waals surface area (Å²) in [7, 11) is 0. The molecule has 0 radical (unpaired) electrons. The number of nitrogens with one attached hydrogen (secondary N) is 1. The van der Waals surface area contributed by atoms with E-state index in [4.69, 9.17) is 17.3 Å². The summed E-state index contributed by atoms with van der Waals surface area (Å²) >= 11 is 5.96. The maximum atomic E-state index is 12.7. The predicted molar refractivity (Wildman–Crippen MR) is 83.1 cm³/mol. The molecule has 128 valence electrons. The van der Waals surface area contributed by atoms with Crippen LogP contribution in [0, 0.1) is 0 Å². The third-order valence-electron chi connectivity index (χ3n) is 3.83. The number of anilines is 2. The molecule has 0 spiro atoms. The van der Waals surface area contributed by atoms with Crippen molar-refractivity contribution < 1.29 is 13.2 Å². The molecular weight excluding hydrogens is 347 g/mol. The van der Waals surface area contributed by atoms with Crippen LogP contribution in [-0.4, -0.2) is 28.0 Å². The third kappa shape index (κ3) is 3.30. The van der Waals surface area contributed by atoms with Gasteiger partial charge in [-0.15, -0.1) is 0 Å². The van der Waals surface area contributed by atoms with E-state index in [1.165, 1.54) is 6.07 Å². The quantitative estimate of drug-likeness (QED) is 0.859. The van der Waals surface area contributed by atoms with Crippen molar-refractivity contribution in [2.45, 2.75) is 18.5 Å². The van der Waals surface area contributed by atoms with Crippen LogP contribution in [0.2, 0.25) is 5.02 Å². The number of pyridine rings is 1. The molecule has 2 aromatic heterocycles. The van der Waals surface area contributed by atoms with Gasteiger partial charge in [-0.3, -0.25) is 9.78 Å². The molecule has 1 aliphatic heterocycles. The molecule has 6 nitrogen and oxygen atoms in total. The van der Waals surface area contributed by atoms with E-state index in [1.54, 1.807) is 4.90 Å². The number of hydrogen-bond donors (Lipinski definition) is 2. The van der Waals surface area contributed by atoms with Gasteiger partial charge in [0.05, 0.1) is 16.3 Å². The van der Waals surface area contributed by atoms with Crippen molar-refractivity contribution in [3.05, 3.63) is 45.0 Å². The van der Waals surface area contributed by atoms with Crippen LogP contribution in [0.3, 0.4) is 0 Å². The fourth-order valence-corrected chi connectivity index (χ4v) is 3.00. The Labute approximate surface area is 139 Å². The van der Waals surface area contributed by atoms with E-state index in [0.29, 0.717) is 25.2 Å². The van der Waals surface area contributed by atoms with E-state index in [0.717, 1.165) is 12.3 Å². The molecule has 0 amide bonds. The number of aromatic amines is 1. The monoisotopic (exact) mass is 359 g/mol. The van der Waals surface area contributed by atoms with Gasteiger partial charge in [0.1, 0.15) is 5.82 Å². The summed E-state index contributed by atoms with van der Waals surface area (Å²) in [5.74, 6) is 0.237. The van der Waals surface area contributed by atoms with Crippen LogP contribution in [0.5, 0.6) is 0 Å². The van der Waals surface area contributed by atoms with Crippen molar-refractivity contribution in [2.24, 2.45) is 0 Å². The summed E-state index contributed by atoms with van der Waals surface area (Å²) in [6.07, 6.45) is -3.07. The molecule has 10 heteroatoms. The standard InChI is InChI=1S/C14H13ClF3N5O/c15-9-3-8(14(16,17)18)5-20-12(9)23-2-1-7(6-23)10-4-11(24)22-13(19)21-10/h3-5,7H,1-2,6H2,(H3,19,21,22,24). The first kappa shape index (κ1) is 16.6. The molecule has 1 fully saturated rings. The first-order valence-corrected chi connectivity index (χ1v) is 7.46. The van der Waals surface area contributed by atoms with Crippen molar-refractivity contribution in [3.8, 4) is 0 Å². The number of H-pyrrole nitrogens is 1. The van der Waals surface area contributed by atoms with Gasteiger partial charge >= 0.3 is 6.18 Å². The Bertz CT molecular complexity index is 823. The Balaban J connectivity index is 1.82. The van der Waals surface area contributed by atoms with Crippen molar-refractivity contribution in [3.63, 3.8) is 0 Å². The molecule has 1 aliphatic rings. The maximum absolute atomic E-state index is 12.7. The highest BCUT2D eigenvalue weighted by atomic mass is 35.5. The molecule has 1 atom stereocenters. The number of halogens is 4. The number of hydrogen-bond acceptors (Lipinski definition) is 5. The predicted octanol–water partition coefficient (Wildman–Crippen LogP) is 2.41. The SMILES string of the molecule is Nc1nc(C2CCN(c3ncc(C(F)(F)F)cc3Cl)C2)cc(=O)[nH]1. The lowest BCUT2D eigenvalue weighted by molar-refractivity contribution is -0.137. The molecular formula is C14H13ClF3N5O. The van der Waals surface area contributed by atoms with Crippen molar-refractivity contribution in [1.29, 1.82) is 0 Å². The van der Waals surface area contributed by atoms with E-state index in [9.17, 15) is 18.0 Å². The zero-order valence-electron chi connectivity index (χ0n) is 12.3. The van der Waals surface area contributed by atoms with Crippen LogP contribution in [-0.2, 0) is 6.18 Å². The van der Waals surface area contributed by atoms with Crippen LogP contribution in [0.15, 0.2) is 23.1 Å². The molecule has 3 heterocycles. The molecule has 0 bridgehead atoms. The fourth-order valence-electron chi connectivity index (χ4n) is 2.72. The van der Waals surface area contributed by atoms with E-state index in [2.05, 4.69) is 15.0 Å². The van der Waals surface area contributed by atoms with Gasteiger partial charge in [-0.1, -0.05) is 11.6 Å². The van der Waals surface area contributed by atoms with Crippen LogP contribution in [0.1, 0.15) is 23.6 Å². The lowest BCUT2D eigenvalue weighted by Crippen LogP contribution is -2.22. The Morgan fingerprint density at radius 1 is 1.38 bits per heavy atom. The highest BCUT2D eigenvalue weighted by molar-refractivity contribution is 6.33. The minimum Gasteiger partial charge on any atom is -0.369 e. The topological polar surface area (TPSA) is 87.9 Å². The van der Waals surface area contributed by atoms with Gasteiger partial charge in [-0.25, -0.2) is 9.97 Å². The van der Waals surface area contributed by atoms with Gasteiger partial charge in [-0.05, 0) is 12.5 Å². The minimum absolute atomic E-state index is 0.0293. The summed E-state index contributed by atoms with van der Waals surface area (Å²) in [5, 5.41) is -0.0659. The Kier molecular flexibility index (Phi) is 4.12. The Hall–Kier alpha value is -2.29. The Morgan fingerprint density at radius 3 is 2.75 bits per heavy atom. The summed E-state index contributed by atoms with van der Waals surface area (Å²) in [6, 6.07) is 2.23. The number of aromatic nitrogens is 3. The van der Waals surface area contributed by atoms with Gasteiger partial charge in [0.25, 0.3) is 5.56 Å². The molecule has 0 aromatic carbocycles. The average Bonchev–Trinajstić information content (AvgIpc) is 2.94. The number of nitrogens with zero attached hydrogens (tertiary/aromatic N) is 3. The van der Waals surface area contributed by atoms with E-state index in [1.807, 2.05) is 0 Å². The molecule has 0 aliphatic carbocycles. The van der Waals surface area contributed by atoms with Gasteiger partial charge < -0.3 is 10.6 Å². The van der Waals surface area contributed by atoms with Crippen LogP contribution in [0.4, 0.5) is 24.9 Å². The summed E-state index contributed by atoms with van der Waals surface area (Å²) < 4.78 is 38.0. The summed E-state index contributed by atoms with van der Waals surface area (Å²) in [5.41, 5.74) is 4.84. The van der Waals surface area contributed by atoms with E-state index in [-0.39, 0.29) is 28.3 Å². The second-order valence-corrected chi connectivity index (χ2v) is 5.92. The molecule has 3 rings (SSSR count). The lowest BCUT2D eigenvalue weighted by Gasteiger charge is -2.19. The highest BCUT2D eigenvalue weighted by Crippen LogP contribution is 2.36. The second kappa shape index (κ2) is 5.97. The first-order valence-electron chi connectivity index (χ1n) is 7.08. The zero-order chi connectivity index (χ0) is 17.5. The van der Waals surface area contributed by atoms with Gasteiger partial charge in [0.2, 0.25) is 5.95 Å². The smallest absolute Gasteiger partial charge is 0.369 e. The van der Waals surface area contributed by atoms with Crippen molar-refractivity contribution in [1.82, 2.24) is 15.0 Å². The molecule has 3 N–H and O–H groups in total. The zero-order valence-corrected chi connectivity index (χ0v) is 13.0. The number of nitrogen functional groups attached to an aromatic ring is 1. The van der Waals surface area contributed by atoms with Gasteiger partial charge in [-0.2, -0.15) is 13.2 Å². The number of alkyl halides is 3. The second-order valence-electron chi connectivity index (χ2n) is 5.51. The Morgan fingerprint density at radius 2 is 2.12 bits per heavy atom. The van der Waals surface area contributed by atoms with Gasteiger partial charge in [0.15, 0.2) is 0 Å². The van der Waals surface area contributed by atoms with Crippen LogP contribution < -0.4 is 16.2 Å². The van der Waals surface area contributed by atoms with Crippen molar-refractivity contribution >= 4 is 23.4 Å². The van der Waals surface area contributed by atoms with Crippen LogP contribution >= 0.6 is 11.6 Å². The minimum atomic E-state index is -4.49. The molecule has 1 saturated heterocycles. The largest absolute Gasteiger partial charge is 0.417 e. The maximum Gasteiger partial charge on any atom is 0.417 e. The summed E-state index contributed by atoms with van der Waals surface area (Å²) in [4.78, 5) is 23.6. The van der Waals surface area contributed by atoms with Gasteiger partial charge in [0, 0.05) is 31.3 Å². The number of rotatable bonds is 2. The molecule has 0 saturated carbocycles. The first-order chi connectivity index (χ1) is 11.2. The molecule has 24 heavy (non-hydrogen) atoms. The van der Waals surface area contributed by atoms with E-state index >= 15 is 0 Å². The average molecular weight is 360 g/mol. The molecule has 1 unspecified atom stereocenters.